The predicted octanol–water partition coefficient (Wildman–Crippen LogP) is 3.57. The molecule has 1 atom stereocenters. The highest BCUT2D eigenvalue weighted by molar-refractivity contribution is 7.54. The number of hydrogen-bond donors (Lipinski definition) is 1. The minimum absolute atomic E-state index is 0.229. The summed E-state index contributed by atoms with van der Waals surface area (Å²) in [6.07, 6.45) is -0.306. The monoisotopic (exact) mass is 329 g/mol. The van der Waals surface area contributed by atoms with Gasteiger partial charge in [-0.3, -0.25) is 4.57 Å². The molecule has 1 aromatic carbocycles. The number of benzene rings is 1. The highest BCUT2D eigenvalue weighted by Crippen LogP contribution is 2.52. The summed E-state index contributed by atoms with van der Waals surface area (Å²) in [7, 11) is -3.48. The molecule has 1 N–H and O–H groups in total. The van der Waals surface area contributed by atoms with E-state index in [1.165, 1.54) is 0 Å². The fourth-order valence-corrected chi connectivity index (χ4v) is 3.82. The Labute approximate surface area is 131 Å². The van der Waals surface area contributed by atoms with Crippen LogP contribution in [0.4, 0.5) is 4.79 Å². The van der Waals surface area contributed by atoms with E-state index in [2.05, 4.69) is 5.32 Å². The number of ether oxygens (including phenoxy) is 1. The molecule has 0 fully saturated rings. The molecule has 0 aliphatic rings. The van der Waals surface area contributed by atoms with Crippen LogP contribution in [-0.2, 0) is 24.8 Å². The zero-order chi connectivity index (χ0) is 16.4. The summed E-state index contributed by atoms with van der Waals surface area (Å²) in [5.74, 6) is -0.797. The van der Waals surface area contributed by atoms with Crippen LogP contribution in [0.25, 0.3) is 0 Å². The van der Waals surface area contributed by atoms with Crippen LogP contribution in [0.1, 0.15) is 26.3 Å². The summed E-state index contributed by atoms with van der Waals surface area (Å²) in [4.78, 5) is 11.7. The molecule has 0 heterocycles. The molecular weight excluding hydrogens is 305 g/mol. The summed E-state index contributed by atoms with van der Waals surface area (Å²) >= 11 is 0. The molecule has 6 nitrogen and oxygen atoms in total. The molecule has 0 aliphatic heterocycles. The van der Waals surface area contributed by atoms with Crippen molar-refractivity contribution in [2.24, 2.45) is 0 Å². The summed E-state index contributed by atoms with van der Waals surface area (Å²) in [6.45, 7) is 5.86. The standard InChI is InChI=1S/C15H24NO5P/c1-4-19-15(17)16-14(12-13-10-8-7-9-11-13)22(18,20-5-2)21-6-3/h7-11,14H,4-6,12H2,1-3H3,(H,16,17)/t14-/m1/s1. The highest BCUT2D eigenvalue weighted by Gasteiger charge is 2.37. The summed E-state index contributed by atoms with van der Waals surface area (Å²) in [6, 6.07) is 9.43. The van der Waals surface area contributed by atoms with Crippen LogP contribution >= 0.6 is 7.60 Å². The summed E-state index contributed by atoms with van der Waals surface area (Å²) in [5, 5.41) is 2.60. The van der Waals surface area contributed by atoms with Crippen LogP contribution in [0.5, 0.6) is 0 Å². The van der Waals surface area contributed by atoms with Crippen molar-refractivity contribution in [1.29, 1.82) is 0 Å². The van der Waals surface area contributed by atoms with E-state index in [0.29, 0.717) is 6.42 Å². The van der Waals surface area contributed by atoms with E-state index in [1.807, 2.05) is 30.3 Å². The van der Waals surface area contributed by atoms with E-state index >= 15 is 0 Å². The van der Waals surface area contributed by atoms with Crippen LogP contribution in [0.2, 0.25) is 0 Å². The maximum absolute atomic E-state index is 12.9. The summed E-state index contributed by atoms with van der Waals surface area (Å²) in [5.41, 5.74) is 0.920. The molecule has 1 rings (SSSR count). The average Bonchev–Trinajstić information content (AvgIpc) is 2.48. The van der Waals surface area contributed by atoms with Crippen LogP contribution in [0.3, 0.4) is 0 Å². The fraction of sp³-hybridized carbons (Fsp3) is 0.533. The topological polar surface area (TPSA) is 73.9 Å². The van der Waals surface area contributed by atoms with Gasteiger partial charge < -0.3 is 19.1 Å². The lowest BCUT2D eigenvalue weighted by Gasteiger charge is -2.26. The first-order valence-electron chi connectivity index (χ1n) is 7.41. The number of hydrogen-bond acceptors (Lipinski definition) is 5. The van der Waals surface area contributed by atoms with Crippen molar-refractivity contribution >= 4 is 13.7 Å². The van der Waals surface area contributed by atoms with Crippen LogP contribution in [-0.4, -0.2) is 31.7 Å². The molecule has 0 spiro atoms. The third-order valence-corrected chi connectivity index (χ3v) is 5.14. The first-order valence-corrected chi connectivity index (χ1v) is 9.02. The Balaban J connectivity index is 2.97. The van der Waals surface area contributed by atoms with Crippen molar-refractivity contribution < 1.29 is 23.1 Å². The molecule has 22 heavy (non-hydrogen) atoms. The van der Waals surface area contributed by atoms with Gasteiger partial charge in [-0.15, -0.1) is 0 Å². The van der Waals surface area contributed by atoms with E-state index in [9.17, 15) is 9.36 Å². The quantitative estimate of drug-likeness (QED) is 0.701. The maximum atomic E-state index is 12.9. The number of rotatable bonds is 9. The van der Waals surface area contributed by atoms with Crippen LogP contribution in [0.15, 0.2) is 30.3 Å². The Morgan fingerprint density at radius 2 is 1.68 bits per heavy atom. The highest BCUT2D eigenvalue weighted by atomic mass is 31.2. The molecule has 0 radical (unpaired) electrons. The number of nitrogens with one attached hydrogen (secondary N) is 1. The molecule has 0 bridgehead atoms. The second-order valence-electron chi connectivity index (χ2n) is 4.45. The van der Waals surface area contributed by atoms with Gasteiger partial charge in [0.15, 0.2) is 0 Å². The number of carbonyl (C=O) groups excluding carboxylic acids is 1. The lowest BCUT2D eigenvalue weighted by atomic mass is 10.1. The maximum Gasteiger partial charge on any atom is 0.407 e. The molecule has 0 aromatic heterocycles. The molecule has 0 saturated heterocycles. The Morgan fingerprint density at radius 1 is 1.09 bits per heavy atom. The van der Waals surface area contributed by atoms with Gasteiger partial charge in [-0.05, 0) is 26.3 Å². The van der Waals surface area contributed by atoms with Gasteiger partial charge in [0.25, 0.3) is 0 Å². The largest absolute Gasteiger partial charge is 0.450 e. The van der Waals surface area contributed by atoms with Gasteiger partial charge in [0.1, 0.15) is 5.78 Å². The van der Waals surface area contributed by atoms with Crippen molar-refractivity contribution in [3.05, 3.63) is 35.9 Å². The van der Waals surface area contributed by atoms with Crippen molar-refractivity contribution in [2.75, 3.05) is 19.8 Å². The van der Waals surface area contributed by atoms with Crippen LogP contribution in [0, 0.1) is 0 Å². The van der Waals surface area contributed by atoms with Gasteiger partial charge in [0.2, 0.25) is 0 Å². The molecule has 0 unspecified atom stereocenters. The molecular formula is C15H24NO5P. The first kappa shape index (κ1) is 18.7. The van der Waals surface area contributed by atoms with Gasteiger partial charge in [0.05, 0.1) is 19.8 Å². The SMILES string of the molecule is CCOC(=O)N[C@@H](Cc1ccccc1)P(=O)(OCC)OCC. The van der Waals surface area contributed by atoms with Gasteiger partial charge in [-0.25, -0.2) is 4.79 Å². The second kappa shape index (κ2) is 9.62. The number of carbonyl (C=O) groups is 1. The smallest absolute Gasteiger partial charge is 0.407 e. The van der Waals surface area contributed by atoms with E-state index in [0.717, 1.165) is 5.56 Å². The molecule has 7 heteroatoms. The zero-order valence-electron chi connectivity index (χ0n) is 13.3. The van der Waals surface area contributed by atoms with Crippen molar-refractivity contribution in [1.82, 2.24) is 5.32 Å². The minimum atomic E-state index is -3.48. The lowest BCUT2D eigenvalue weighted by Crippen LogP contribution is -2.37. The average molecular weight is 329 g/mol. The molecule has 0 aliphatic carbocycles. The van der Waals surface area contributed by atoms with Crippen molar-refractivity contribution in [2.45, 2.75) is 33.0 Å². The summed E-state index contributed by atoms with van der Waals surface area (Å²) < 4.78 is 28.5. The van der Waals surface area contributed by atoms with Crippen molar-refractivity contribution in [3.63, 3.8) is 0 Å². The Hall–Kier alpha value is -1.36. The van der Waals surface area contributed by atoms with Crippen LogP contribution < -0.4 is 5.32 Å². The van der Waals surface area contributed by atoms with E-state index in [4.69, 9.17) is 13.8 Å². The third-order valence-electron chi connectivity index (χ3n) is 2.83. The van der Waals surface area contributed by atoms with Gasteiger partial charge in [-0.1, -0.05) is 30.3 Å². The van der Waals surface area contributed by atoms with Gasteiger partial charge in [0, 0.05) is 6.42 Å². The zero-order valence-corrected chi connectivity index (χ0v) is 14.2. The molecule has 1 aromatic rings. The number of alkyl carbamates (subject to hydrolysis) is 1. The molecule has 1 amide bonds. The Morgan fingerprint density at radius 3 is 2.18 bits per heavy atom. The van der Waals surface area contributed by atoms with E-state index < -0.39 is 19.5 Å². The van der Waals surface area contributed by atoms with Crippen molar-refractivity contribution in [3.8, 4) is 0 Å². The third kappa shape index (κ3) is 5.79. The lowest BCUT2D eigenvalue weighted by molar-refractivity contribution is 0.146. The Bertz CT molecular complexity index is 484. The predicted molar refractivity (Wildman–Crippen MR) is 85.0 cm³/mol. The molecule has 124 valence electrons. The second-order valence-corrected chi connectivity index (χ2v) is 6.67. The van der Waals surface area contributed by atoms with E-state index in [-0.39, 0.29) is 19.8 Å². The molecule has 0 saturated carbocycles. The first-order chi connectivity index (χ1) is 10.6. The normalized spacial score (nSPS) is 12.7. The Kier molecular flexibility index (Phi) is 8.17. The van der Waals surface area contributed by atoms with E-state index in [1.54, 1.807) is 20.8 Å². The number of amides is 1. The van der Waals surface area contributed by atoms with Gasteiger partial charge in [-0.2, -0.15) is 0 Å². The minimum Gasteiger partial charge on any atom is -0.450 e. The fourth-order valence-electron chi connectivity index (χ4n) is 1.97. The van der Waals surface area contributed by atoms with Gasteiger partial charge >= 0.3 is 13.7 Å².